The molecule has 1 atom stereocenters. The minimum absolute atomic E-state index is 0.0358. The Morgan fingerprint density at radius 1 is 1.43 bits per heavy atom. The third-order valence-corrected chi connectivity index (χ3v) is 3.23. The van der Waals surface area contributed by atoms with Crippen LogP contribution >= 0.6 is 15.9 Å². The first-order valence-corrected chi connectivity index (χ1v) is 5.33. The van der Waals surface area contributed by atoms with Crippen LogP contribution in [0, 0.1) is 11.7 Å². The molecule has 3 heteroatoms. The van der Waals surface area contributed by atoms with Crippen molar-refractivity contribution < 1.29 is 9.50 Å². The monoisotopic (exact) mass is 260 g/mol. The van der Waals surface area contributed by atoms with Crippen molar-refractivity contribution in [2.45, 2.75) is 26.4 Å². The summed E-state index contributed by atoms with van der Waals surface area (Å²) in [6.45, 7) is 5.35. The van der Waals surface area contributed by atoms with E-state index in [0.717, 1.165) is 0 Å². The van der Waals surface area contributed by atoms with Crippen molar-refractivity contribution in [2.24, 2.45) is 5.92 Å². The maximum absolute atomic E-state index is 13.7. The molecule has 0 saturated carbocycles. The molecule has 0 amide bonds. The molecule has 0 aliphatic heterocycles. The van der Waals surface area contributed by atoms with Crippen molar-refractivity contribution in [3.63, 3.8) is 0 Å². The summed E-state index contributed by atoms with van der Waals surface area (Å²) in [7, 11) is 0. The van der Waals surface area contributed by atoms with Gasteiger partial charge in [0, 0.05) is 5.56 Å². The van der Waals surface area contributed by atoms with Gasteiger partial charge in [-0.1, -0.05) is 26.0 Å². The topological polar surface area (TPSA) is 20.2 Å². The number of hydrogen-bond donors (Lipinski definition) is 1. The fourth-order valence-electron chi connectivity index (χ4n) is 1.21. The zero-order valence-corrected chi connectivity index (χ0v) is 10.1. The van der Waals surface area contributed by atoms with E-state index in [-0.39, 0.29) is 11.7 Å². The van der Waals surface area contributed by atoms with Gasteiger partial charge in [-0.25, -0.2) is 4.39 Å². The van der Waals surface area contributed by atoms with Crippen LogP contribution in [0.15, 0.2) is 22.7 Å². The molecule has 1 unspecified atom stereocenters. The van der Waals surface area contributed by atoms with Gasteiger partial charge in [-0.3, -0.25) is 0 Å². The fraction of sp³-hybridized carbons (Fsp3) is 0.455. The zero-order valence-electron chi connectivity index (χ0n) is 8.51. The minimum Gasteiger partial charge on any atom is -0.385 e. The molecule has 0 aliphatic rings. The lowest BCUT2D eigenvalue weighted by atomic mass is 9.85. The second-order valence-corrected chi connectivity index (χ2v) is 4.76. The average molecular weight is 261 g/mol. The normalized spacial score (nSPS) is 15.6. The van der Waals surface area contributed by atoms with E-state index in [2.05, 4.69) is 15.9 Å². The maximum atomic E-state index is 13.7. The Morgan fingerprint density at radius 2 is 2.00 bits per heavy atom. The van der Waals surface area contributed by atoms with Crippen LogP contribution < -0.4 is 0 Å². The Labute approximate surface area is 92.1 Å². The molecular weight excluding hydrogens is 247 g/mol. The lowest BCUT2D eigenvalue weighted by Gasteiger charge is -2.28. The summed E-state index contributed by atoms with van der Waals surface area (Å²) in [4.78, 5) is 0. The second-order valence-electron chi connectivity index (χ2n) is 3.90. The lowest BCUT2D eigenvalue weighted by molar-refractivity contribution is 0.00565. The number of benzene rings is 1. The zero-order chi connectivity index (χ0) is 10.9. The number of halogens is 2. The van der Waals surface area contributed by atoms with Gasteiger partial charge in [0.05, 0.1) is 10.1 Å². The van der Waals surface area contributed by atoms with Gasteiger partial charge >= 0.3 is 0 Å². The van der Waals surface area contributed by atoms with Crippen molar-refractivity contribution >= 4 is 15.9 Å². The van der Waals surface area contributed by atoms with E-state index in [9.17, 15) is 9.50 Å². The largest absolute Gasteiger partial charge is 0.385 e. The summed E-state index contributed by atoms with van der Waals surface area (Å²) < 4.78 is 14.0. The summed E-state index contributed by atoms with van der Waals surface area (Å²) in [5.74, 6) is -0.419. The van der Waals surface area contributed by atoms with Gasteiger partial charge in [-0.15, -0.1) is 0 Å². The van der Waals surface area contributed by atoms with E-state index in [0.29, 0.717) is 10.0 Å². The van der Waals surface area contributed by atoms with Crippen molar-refractivity contribution in [1.82, 2.24) is 0 Å². The Kier molecular flexibility index (Phi) is 3.32. The molecular formula is C11H14BrFO. The number of aliphatic hydroxyl groups is 1. The van der Waals surface area contributed by atoms with Gasteiger partial charge in [0.2, 0.25) is 0 Å². The fourth-order valence-corrected chi connectivity index (χ4v) is 1.57. The number of rotatable bonds is 2. The Balaban J connectivity index is 3.26. The Bertz CT molecular complexity index is 334. The molecule has 0 aliphatic carbocycles. The molecule has 0 radical (unpaired) electrons. The van der Waals surface area contributed by atoms with Gasteiger partial charge in [0.1, 0.15) is 5.82 Å². The van der Waals surface area contributed by atoms with Crippen LogP contribution in [0.5, 0.6) is 0 Å². The average Bonchev–Trinajstić information content (AvgIpc) is 2.09. The second kappa shape index (κ2) is 3.99. The van der Waals surface area contributed by atoms with Crippen molar-refractivity contribution in [2.75, 3.05) is 0 Å². The summed E-state index contributed by atoms with van der Waals surface area (Å²) in [5, 5.41) is 10.1. The Morgan fingerprint density at radius 3 is 2.50 bits per heavy atom. The van der Waals surface area contributed by atoms with Crippen LogP contribution in [0.3, 0.4) is 0 Å². The lowest BCUT2D eigenvalue weighted by Crippen LogP contribution is -2.29. The van der Waals surface area contributed by atoms with E-state index < -0.39 is 5.60 Å². The molecule has 1 rings (SSSR count). The predicted molar refractivity (Wildman–Crippen MR) is 58.5 cm³/mol. The highest BCUT2D eigenvalue weighted by Crippen LogP contribution is 2.33. The molecule has 0 bridgehead atoms. The molecule has 1 aromatic rings. The molecule has 0 aromatic heterocycles. The van der Waals surface area contributed by atoms with Gasteiger partial charge < -0.3 is 5.11 Å². The van der Waals surface area contributed by atoms with Gasteiger partial charge in [-0.05, 0) is 34.8 Å². The molecule has 1 aromatic carbocycles. The van der Waals surface area contributed by atoms with Crippen LogP contribution in [-0.4, -0.2) is 5.11 Å². The molecule has 1 N–H and O–H groups in total. The van der Waals surface area contributed by atoms with E-state index in [4.69, 9.17) is 0 Å². The van der Waals surface area contributed by atoms with Crippen molar-refractivity contribution in [1.29, 1.82) is 0 Å². The summed E-state index contributed by atoms with van der Waals surface area (Å²) >= 11 is 3.10. The van der Waals surface area contributed by atoms with E-state index >= 15 is 0 Å². The van der Waals surface area contributed by atoms with Crippen LogP contribution in [0.4, 0.5) is 4.39 Å². The highest BCUT2D eigenvalue weighted by molar-refractivity contribution is 9.10. The van der Waals surface area contributed by atoms with Gasteiger partial charge in [0.25, 0.3) is 0 Å². The quantitative estimate of drug-likeness (QED) is 0.864. The first-order chi connectivity index (χ1) is 6.37. The highest BCUT2D eigenvalue weighted by Gasteiger charge is 2.30. The summed E-state index contributed by atoms with van der Waals surface area (Å²) in [5.41, 5.74) is -0.796. The van der Waals surface area contributed by atoms with Crippen LogP contribution in [0.25, 0.3) is 0 Å². The van der Waals surface area contributed by atoms with Gasteiger partial charge in [0.15, 0.2) is 0 Å². The molecule has 78 valence electrons. The molecule has 0 fully saturated rings. The Hall–Kier alpha value is -0.410. The first-order valence-electron chi connectivity index (χ1n) is 4.54. The molecule has 1 nitrogen and oxygen atoms in total. The third kappa shape index (κ3) is 1.98. The van der Waals surface area contributed by atoms with E-state index in [1.54, 1.807) is 25.1 Å². The molecule has 0 spiro atoms. The third-order valence-electron chi connectivity index (χ3n) is 2.62. The standard InChI is InChI=1S/C11H14BrFO/c1-7(2)11(3,14)8-5-4-6-9(12)10(8)13/h4-7,14H,1-3H3. The van der Waals surface area contributed by atoms with E-state index in [1.165, 1.54) is 0 Å². The van der Waals surface area contributed by atoms with Crippen molar-refractivity contribution in [3.05, 3.63) is 34.1 Å². The SMILES string of the molecule is CC(C)C(C)(O)c1cccc(Br)c1F. The smallest absolute Gasteiger partial charge is 0.143 e. The van der Waals surface area contributed by atoms with Crippen LogP contribution in [-0.2, 0) is 5.60 Å². The molecule has 0 heterocycles. The maximum Gasteiger partial charge on any atom is 0.143 e. The molecule has 0 saturated heterocycles. The summed E-state index contributed by atoms with van der Waals surface area (Å²) in [6, 6.07) is 4.95. The van der Waals surface area contributed by atoms with Crippen LogP contribution in [0.1, 0.15) is 26.3 Å². The predicted octanol–water partition coefficient (Wildman–Crippen LogP) is 3.45. The van der Waals surface area contributed by atoms with E-state index in [1.807, 2.05) is 13.8 Å². The summed E-state index contributed by atoms with van der Waals surface area (Å²) in [6.07, 6.45) is 0. The number of hydrogen-bond acceptors (Lipinski definition) is 1. The minimum atomic E-state index is -1.13. The molecule has 14 heavy (non-hydrogen) atoms. The first kappa shape index (κ1) is 11.7. The highest BCUT2D eigenvalue weighted by atomic mass is 79.9. The van der Waals surface area contributed by atoms with Crippen LogP contribution in [0.2, 0.25) is 0 Å². The van der Waals surface area contributed by atoms with Gasteiger partial charge in [-0.2, -0.15) is 0 Å². The van der Waals surface area contributed by atoms with Crippen molar-refractivity contribution in [3.8, 4) is 0 Å².